The van der Waals surface area contributed by atoms with Gasteiger partial charge in [0.1, 0.15) is 0 Å². The van der Waals surface area contributed by atoms with Crippen molar-refractivity contribution in [3.8, 4) is 0 Å². The first-order valence-electron chi connectivity index (χ1n) is 11.1. The van der Waals surface area contributed by atoms with Gasteiger partial charge in [-0.3, -0.25) is 19.1 Å². The van der Waals surface area contributed by atoms with Crippen LogP contribution in [0.3, 0.4) is 0 Å². The third-order valence-electron chi connectivity index (χ3n) is 6.41. The first-order valence-corrected chi connectivity index (χ1v) is 14.3. The molecule has 1 heterocycles. The van der Waals surface area contributed by atoms with Gasteiger partial charge in [0.2, 0.25) is 0 Å². The van der Waals surface area contributed by atoms with Crippen molar-refractivity contribution >= 4 is 37.6 Å². The third-order valence-corrected chi connectivity index (χ3v) is 8.02. The fourth-order valence-corrected chi connectivity index (χ4v) is 4.98. The van der Waals surface area contributed by atoms with E-state index in [1.54, 1.807) is 33.8 Å². The Hall–Kier alpha value is -2.15. The Morgan fingerprint density at radius 2 is 1.63 bits per heavy atom. The van der Waals surface area contributed by atoms with Crippen molar-refractivity contribution in [3.05, 3.63) is 35.2 Å². The van der Waals surface area contributed by atoms with Crippen LogP contribution in [0.15, 0.2) is 45.2 Å². The molecule has 0 aromatic carbocycles. The summed E-state index contributed by atoms with van der Waals surface area (Å²) in [5, 5.41) is 9.63. The van der Waals surface area contributed by atoms with Crippen LogP contribution in [0.5, 0.6) is 0 Å². The minimum Gasteiger partial charge on any atom is -0.478 e. The van der Waals surface area contributed by atoms with Crippen molar-refractivity contribution in [2.45, 2.75) is 67.2 Å². The van der Waals surface area contributed by atoms with Crippen LogP contribution < -0.4 is 0 Å². The summed E-state index contributed by atoms with van der Waals surface area (Å²) in [7, 11) is -8.20. The molecule has 1 unspecified atom stereocenters. The molecule has 3 N–H and O–H groups in total. The van der Waals surface area contributed by atoms with Crippen molar-refractivity contribution in [1.29, 1.82) is 0 Å². The lowest BCUT2D eigenvalue weighted by Crippen LogP contribution is -2.28. The molecule has 0 fully saturated rings. The van der Waals surface area contributed by atoms with Crippen LogP contribution in [0.2, 0.25) is 0 Å². The van der Waals surface area contributed by atoms with Gasteiger partial charge in [-0.2, -0.15) is 16.8 Å². The molecule has 35 heavy (non-hydrogen) atoms. The van der Waals surface area contributed by atoms with E-state index in [0.29, 0.717) is 29.1 Å². The molecule has 0 bridgehead atoms. The van der Waals surface area contributed by atoms with Crippen molar-refractivity contribution < 1.29 is 35.8 Å². The number of carbonyl (C=O) groups is 1. The van der Waals surface area contributed by atoms with E-state index in [-0.39, 0.29) is 30.6 Å². The highest BCUT2D eigenvalue weighted by Crippen LogP contribution is 2.45. The number of rotatable bonds is 13. The van der Waals surface area contributed by atoms with Gasteiger partial charge in [-0.25, -0.2) is 4.79 Å². The lowest BCUT2D eigenvalue weighted by Gasteiger charge is -2.29. The quantitative estimate of drug-likeness (QED) is 0.181. The van der Waals surface area contributed by atoms with Gasteiger partial charge in [0.05, 0.1) is 22.8 Å². The number of aliphatic carboxylic acids is 1. The summed E-state index contributed by atoms with van der Waals surface area (Å²) in [6.07, 6.45) is 2.72. The second-order valence-electron chi connectivity index (χ2n) is 9.72. The largest absolute Gasteiger partial charge is 0.478 e. The Kier molecular flexibility index (Phi) is 9.95. The van der Waals surface area contributed by atoms with Gasteiger partial charge >= 0.3 is 5.97 Å². The van der Waals surface area contributed by atoms with Crippen molar-refractivity contribution in [3.63, 3.8) is 0 Å². The Balaban J connectivity index is 3.34. The number of hydrogen-bond acceptors (Lipinski definition) is 7. The number of allylic oxidation sites excluding steroid dienone is 2. The molecule has 0 amide bonds. The summed E-state index contributed by atoms with van der Waals surface area (Å²) in [6, 6.07) is 0. The molecule has 0 saturated heterocycles. The minimum atomic E-state index is -4.16. The van der Waals surface area contributed by atoms with Crippen LogP contribution >= 0.6 is 0 Å². The van der Waals surface area contributed by atoms with Gasteiger partial charge in [-0.05, 0) is 52.5 Å². The smallest absolute Gasteiger partial charge is 0.335 e. The monoisotopic (exact) mass is 532 g/mol. The van der Waals surface area contributed by atoms with Crippen LogP contribution in [0.1, 0.15) is 67.2 Å². The number of aliphatic imine (C=N–C) groups is 2. The van der Waals surface area contributed by atoms with E-state index in [2.05, 4.69) is 16.6 Å². The van der Waals surface area contributed by atoms with Gasteiger partial charge in [0.15, 0.2) is 0 Å². The van der Waals surface area contributed by atoms with E-state index >= 15 is 0 Å². The molecule has 12 heteroatoms. The highest BCUT2D eigenvalue weighted by atomic mass is 32.2. The Labute approximate surface area is 208 Å². The molecule has 1 atom stereocenters. The van der Waals surface area contributed by atoms with E-state index in [4.69, 9.17) is 9.11 Å². The normalized spacial score (nSPS) is 20.3. The summed E-state index contributed by atoms with van der Waals surface area (Å²) in [5.74, 6) is -2.02. The average molecular weight is 533 g/mol. The van der Waals surface area contributed by atoms with E-state index in [0.717, 1.165) is 5.71 Å². The van der Waals surface area contributed by atoms with Crippen molar-refractivity contribution in [1.82, 2.24) is 0 Å². The van der Waals surface area contributed by atoms with Crippen molar-refractivity contribution in [2.24, 2.45) is 20.8 Å². The molecule has 1 aliphatic heterocycles. The summed E-state index contributed by atoms with van der Waals surface area (Å²) in [5.41, 5.74) is 1.06. The number of carboxylic acids is 1. The molecule has 198 valence electrons. The molecule has 0 aromatic heterocycles. The van der Waals surface area contributed by atoms with Gasteiger partial charge in [0, 0.05) is 33.5 Å². The summed E-state index contributed by atoms with van der Waals surface area (Å²) in [6.45, 7) is 14.5. The maximum absolute atomic E-state index is 11.8. The van der Waals surface area contributed by atoms with E-state index in [1.165, 1.54) is 0 Å². The number of carboxylic acid groups (broad SMARTS) is 1. The Bertz CT molecular complexity index is 1210. The number of nitrogens with zero attached hydrogens (tertiary/aromatic N) is 2. The lowest BCUT2D eigenvalue weighted by molar-refractivity contribution is -0.132. The SMILES string of the molecule is C=C(C(=O)O)C1=C(/C=C(\C)N=C(C)C(C)(C)CCCS(=O)(=O)O)N=C(C)C1(C)CCCS(=O)(=O)O. The topological polar surface area (TPSA) is 171 Å². The van der Waals surface area contributed by atoms with Gasteiger partial charge in [-0.1, -0.05) is 27.4 Å². The Morgan fingerprint density at radius 1 is 1.11 bits per heavy atom. The molecule has 0 radical (unpaired) electrons. The number of hydrogen-bond donors (Lipinski definition) is 3. The summed E-state index contributed by atoms with van der Waals surface area (Å²) in [4.78, 5) is 20.9. The molecule has 1 aliphatic rings. The van der Waals surface area contributed by atoms with Gasteiger partial charge in [-0.15, -0.1) is 0 Å². The molecular formula is C23H36N2O8S2. The predicted octanol–water partition coefficient (Wildman–Crippen LogP) is 4.09. The molecule has 1 rings (SSSR count). The van der Waals surface area contributed by atoms with Crippen molar-refractivity contribution in [2.75, 3.05) is 11.5 Å². The zero-order valence-corrected chi connectivity index (χ0v) is 22.8. The third kappa shape index (κ3) is 9.10. The van der Waals surface area contributed by atoms with Crippen LogP contribution in [0.4, 0.5) is 0 Å². The maximum Gasteiger partial charge on any atom is 0.335 e. The summed E-state index contributed by atoms with van der Waals surface area (Å²) < 4.78 is 62.3. The second-order valence-corrected chi connectivity index (χ2v) is 12.9. The molecule has 0 spiro atoms. The zero-order chi connectivity index (χ0) is 27.4. The molecule has 10 nitrogen and oxygen atoms in total. The van der Waals surface area contributed by atoms with E-state index in [9.17, 15) is 26.7 Å². The first kappa shape index (κ1) is 30.9. The standard InChI is InChI=1S/C23H36N2O8S2/c1-15(24-17(3)22(5,6)10-8-12-34(28,29)30)14-19-20(16(2)21(26)27)23(7,18(4)25-19)11-9-13-35(31,32)33/h14H,2,8-13H2,1,3-7H3,(H,26,27)(H,28,29,30)(H,31,32,33)/b15-14+,24-17?. The molecule has 0 saturated carbocycles. The first-order chi connectivity index (χ1) is 15.7. The fourth-order valence-electron chi connectivity index (χ4n) is 3.96. The summed E-state index contributed by atoms with van der Waals surface area (Å²) >= 11 is 0. The van der Waals surface area contributed by atoms with Gasteiger partial charge < -0.3 is 5.11 Å². The lowest BCUT2D eigenvalue weighted by atomic mass is 9.73. The zero-order valence-electron chi connectivity index (χ0n) is 21.1. The van der Waals surface area contributed by atoms with E-state index in [1.807, 2.05) is 13.8 Å². The highest BCUT2D eigenvalue weighted by Gasteiger charge is 2.41. The molecule has 0 aromatic rings. The van der Waals surface area contributed by atoms with Crippen LogP contribution in [-0.2, 0) is 25.0 Å². The average Bonchev–Trinajstić information content (AvgIpc) is 2.88. The van der Waals surface area contributed by atoms with Crippen LogP contribution in [0.25, 0.3) is 0 Å². The van der Waals surface area contributed by atoms with Crippen LogP contribution in [-0.4, -0.2) is 59.9 Å². The maximum atomic E-state index is 11.8. The molecule has 0 aliphatic carbocycles. The predicted molar refractivity (Wildman–Crippen MR) is 137 cm³/mol. The van der Waals surface area contributed by atoms with E-state index < -0.39 is 42.8 Å². The highest BCUT2D eigenvalue weighted by molar-refractivity contribution is 7.86. The fraction of sp³-hybridized carbons (Fsp3) is 0.609. The molecular weight excluding hydrogens is 496 g/mol. The minimum absolute atomic E-state index is 0.101. The Morgan fingerprint density at radius 3 is 2.11 bits per heavy atom. The second kappa shape index (κ2) is 11.3. The van der Waals surface area contributed by atoms with Crippen LogP contribution in [0, 0.1) is 10.8 Å². The van der Waals surface area contributed by atoms with Gasteiger partial charge in [0.25, 0.3) is 20.2 Å².